The van der Waals surface area contributed by atoms with Crippen molar-refractivity contribution in [2.24, 2.45) is 5.92 Å². The van der Waals surface area contributed by atoms with Gasteiger partial charge in [0, 0.05) is 29.2 Å². The summed E-state index contributed by atoms with van der Waals surface area (Å²) in [6.45, 7) is 0.272. The van der Waals surface area contributed by atoms with Crippen molar-refractivity contribution in [3.63, 3.8) is 0 Å². The predicted molar refractivity (Wildman–Crippen MR) is 134 cm³/mol. The van der Waals surface area contributed by atoms with E-state index in [1.807, 2.05) is 0 Å². The third kappa shape index (κ3) is 5.69. The molecule has 0 bridgehead atoms. The van der Waals surface area contributed by atoms with Crippen LogP contribution in [0.15, 0.2) is 46.8 Å². The predicted octanol–water partition coefficient (Wildman–Crippen LogP) is 4.82. The van der Waals surface area contributed by atoms with Crippen LogP contribution in [0.2, 0.25) is 10.0 Å². The Morgan fingerprint density at radius 1 is 1.21 bits per heavy atom. The molecule has 1 atom stereocenters. The maximum absolute atomic E-state index is 12.7. The lowest BCUT2D eigenvalue weighted by molar-refractivity contribution is -0.122. The monoisotopic (exact) mass is 536 g/mol. The molecule has 2 aromatic carbocycles. The number of thioether (sulfide) groups is 1. The second kappa shape index (κ2) is 10.7. The quantitative estimate of drug-likeness (QED) is 0.250. The Balaban J connectivity index is 1.31. The number of nitrogens with zero attached hydrogens (tertiary/aromatic N) is 3. The number of aromatic nitrogens is 2. The third-order valence-electron chi connectivity index (χ3n) is 5.07. The van der Waals surface area contributed by atoms with Gasteiger partial charge in [0.05, 0.1) is 23.8 Å². The second-order valence-corrected chi connectivity index (χ2v) is 10.3. The van der Waals surface area contributed by atoms with Crippen LogP contribution in [0, 0.1) is 5.92 Å². The van der Waals surface area contributed by atoms with Gasteiger partial charge in [0.2, 0.25) is 16.9 Å². The number of benzene rings is 2. The van der Waals surface area contributed by atoms with E-state index in [1.165, 1.54) is 17.8 Å². The van der Waals surface area contributed by atoms with Gasteiger partial charge in [-0.05, 0) is 42.5 Å². The Hall–Kier alpha value is -2.66. The molecule has 3 aromatic rings. The molecule has 12 heteroatoms. The molecule has 0 spiro atoms. The number of ether oxygens (including phenoxy) is 1. The number of hydrogen-bond acceptors (Lipinski definition) is 8. The van der Waals surface area contributed by atoms with E-state index in [0.717, 1.165) is 11.3 Å². The van der Waals surface area contributed by atoms with Gasteiger partial charge in [-0.2, -0.15) is 0 Å². The smallest absolute Gasteiger partial charge is 0.231 e. The van der Waals surface area contributed by atoms with Crippen LogP contribution in [-0.2, 0) is 9.59 Å². The molecule has 1 aromatic heterocycles. The van der Waals surface area contributed by atoms with Gasteiger partial charge >= 0.3 is 0 Å². The van der Waals surface area contributed by atoms with Crippen molar-refractivity contribution in [3.8, 4) is 5.75 Å². The van der Waals surface area contributed by atoms with E-state index >= 15 is 0 Å². The molecule has 8 nitrogen and oxygen atoms in total. The van der Waals surface area contributed by atoms with E-state index in [9.17, 15) is 14.4 Å². The number of carbonyl (C=O) groups is 3. The maximum atomic E-state index is 12.7. The number of carbonyl (C=O) groups excluding carboxylic acids is 3. The van der Waals surface area contributed by atoms with E-state index in [4.69, 9.17) is 27.9 Å². The normalized spacial score (nSPS) is 15.4. The molecule has 0 saturated carbocycles. The van der Waals surface area contributed by atoms with E-state index in [-0.39, 0.29) is 41.3 Å². The van der Waals surface area contributed by atoms with Crippen LogP contribution in [-0.4, -0.2) is 47.2 Å². The van der Waals surface area contributed by atoms with Gasteiger partial charge in [-0.25, -0.2) is 0 Å². The minimum absolute atomic E-state index is 0.106. The number of anilines is 2. The number of rotatable bonds is 8. The lowest BCUT2D eigenvalue weighted by atomic mass is 10.1. The second-order valence-electron chi connectivity index (χ2n) is 7.30. The van der Waals surface area contributed by atoms with Gasteiger partial charge in [0.25, 0.3) is 0 Å². The van der Waals surface area contributed by atoms with Crippen molar-refractivity contribution in [1.29, 1.82) is 0 Å². The summed E-state index contributed by atoms with van der Waals surface area (Å²) >= 11 is 14.3. The van der Waals surface area contributed by atoms with Gasteiger partial charge < -0.3 is 15.0 Å². The molecular formula is C22H18Cl2N4O4S2. The van der Waals surface area contributed by atoms with Gasteiger partial charge in [0.1, 0.15) is 5.75 Å². The van der Waals surface area contributed by atoms with E-state index < -0.39 is 5.92 Å². The highest BCUT2D eigenvalue weighted by atomic mass is 35.5. The molecule has 1 aliphatic rings. The van der Waals surface area contributed by atoms with Crippen LogP contribution in [0.5, 0.6) is 5.75 Å². The number of halogens is 2. The summed E-state index contributed by atoms with van der Waals surface area (Å²) in [6.07, 6.45) is 0.106. The average molecular weight is 537 g/mol. The Morgan fingerprint density at radius 3 is 2.68 bits per heavy atom. The molecule has 34 heavy (non-hydrogen) atoms. The highest BCUT2D eigenvalue weighted by molar-refractivity contribution is 8.01. The average Bonchev–Trinajstić information content (AvgIpc) is 3.44. The van der Waals surface area contributed by atoms with Gasteiger partial charge in [0.15, 0.2) is 10.1 Å². The van der Waals surface area contributed by atoms with Crippen molar-refractivity contribution in [2.75, 3.05) is 29.6 Å². The molecule has 1 saturated heterocycles. The lowest BCUT2D eigenvalue weighted by Crippen LogP contribution is -2.28. The molecule has 2 heterocycles. The Kier molecular flexibility index (Phi) is 7.72. The van der Waals surface area contributed by atoms with Crippen molar-refractivity contribution in [2.45, 2.75) is 10.8 Å². The summed E-state index contributed by atoms with van der Waals surface area (Å²) in [4.78, 5) is 39.2. The molecule has 1 fully saturated rings. The van der Waals surface area contributed by atoms with Gasteiger partial charge in [-0.15, -0.1) is 10.2 Å². The molecule has 176 valence electrons. The van der Waals surface area contributed by atoms with E-state index in [0.29, 0.717) is 31.5 Å². The minimum atomic E-state index is -0.511. The largest absolute Gasteiger partial charge is 0.497 e. The molecule has 2 amide bonds. The van der Waals surface area contributed by atoms with Crippen molar-refractivity contribution in [3.05, 3.63) is 58.1 Å². The zero-order valence-electron chi connectivity index (χ0n) is 17.8. The summed E-state index contributed by atoms with van der Waals surface area (Å²) in [5.41, 5.74) is 1.09. The number of methoxy groups -OCH3 is 1. The summed E-state index contributed by atoms with van der Waals surface area (Å²) in [5, 5.41) is 11.8. The number of nitrogens with one attached hydrogen (secondary N) is 1. The Morgan fingerprint density at radius 2 is 1.97 bits per heavy atom. The topological polar surface area (TPSA) is 101 Å². The molecule has 0 radical (unpaired) electrons. The first-order chi connectivity index (χ1) is 16.3. The molecule has 1 N–H and O–H groups in total. The molecule has 1 aliphatic heterocycles. The highest BCUT2D eigenvalue weighted by Gasteiger charge is 2.35. The summed E-state index contributed by atoms with van der Waals surface area (Å²) in [5.74, 6) is -0.316. The molecule has 4 rings (SSSR count). The van der Waals surface area contributed by atoms with Crippen molar-refractivity contribution < 1.29 is 19.1 Å². The first-order valence-electron chi connectivity index (χ1n) is 10.0. The van der Waals surface area contributed by atoms with Crippen LogP contribution in [0.1, 0.15) is 16.8 Å². The third-order valence-corrected chi connectivity index (χ3v) is 7.59. The fraction of sp³-hybridized carbons (Fsp3) is 0.227. The fourth-order valence-corrected chi connectivity index (χ4v) is 5.49. The van der Waals surface area contributed by atoms with Gasteiger partial charge in [-0.1, -0.05) is 46.3 Å². The molecular weight excluding hydrogens is 519 g/mol. The number of Topliss-reactive ketones (excluding diaryl/α,β-unsaturated/α-hetero) is 1. The van der Waals surface area contributed by atoms with E-state index in [2.05, 4.69) is 15.5 Å². The Labute approximate surface area is 213 Å². The summed E-state index contributed by atoms with van der Waals surface area (Å²) < 4.78 is 5.66. The van der Waals surface area contributed by atoms with Crippen LogP contribution in [0.4, 0.5) is 10.8 Å². The maximum Gasteiger partial charge on any atom is 0.231 e. The molecule has 0 aliphatic carbocycles. The zero-order valence-corrected chi connectivity index (χ0v) is 20.9. The van der Waals surface area contributed by atoms with Crippen molar-refractivity contribution >= 4 is 74.7 Å². The minimum Gasteiger partial charge on any atom is -0.497 e. The number of hydrogen-bond donors (Lipinski definition) is 1. The standard InChI is InChI=1S/C22H18Cl2N4O4S2/c1-32-15-5-3-14(4-6-15)28-10-12(8-19(28)30)20(31)25-21-26-27-22(34-21)33-11-18(29)16-7-2-13(23)9-17(16)24/h2-7,9,12H,8,10-11H2,1H3,(H,25,26,31). The van der Waals surface area contributed by atoms with E-state index in [1.54, 1.807) is 48.4 Å². The van der Waals surface area contributed by atoms with Crippen LogP contribution in [0.25, 0.3) is 0 Å². The fourth-order valence-electron chi connectivity index (χ4n) is 3.34. The first kappa shape index (κ1) is 24.5. The number of amides is 2. The highest BCUT2D eigenvalue weighted by Crippen LogP contribution is 2.30. The summed E-state index contributed by atoms with van der Waals surface area (Å²) in [6, 6.07) is 11.8. The summed E-state index contributed by atoms with van der Waals surface area (Å²) in [7, 11) is 1.57. The van der Waals surface area contributed by atoms with Gasteiger partial charge in [-0.3, -0.25) is 14.4 Å². The van der Waals surface area contributed by atoms with Crippen molar-refractivity contribution in [1.82, 2.24) is 10.2 Å². The first-order valence-corrected chi connectivity index (χ1v) is 12.6. The zero-order chi connectivity index (χ0) is 24.2. The number of ketones is 1. The van der Waals surface area contributed by atoms with Crippen LogP contribution < -0.4 is 15.0 Å². The SMILES string of the molecule is COc1ccc(N2CC(C(=O)Nc3nnc(SCC(=O)c4ccc(Cl)cc4Cl)s3)CC2=O)cc1. The van der Waals surface area contributed by atoms with Crippen LogP contribution >= 0.6 is 46.3 Å². The Bertz CT molecular complexity index is 1240. The molecule has 1 unspecified atom stereocenters. The lowest BCUT2D eigenvalue weighted by Gasteiger charge is -2.16. The van der Waals surface area contributed by atoms with Crippen LogP contribution in [0.3, 0.4) is 0 Å².